The lowest BCUT2D eigenvalue weighted by Crippen LogP contribution is -2.29. The largest absolute Gasteiger partial charge is 0.352 e. The maximum atomic E-state index is 12.7. The predicted octanol–water partition coefficient (Wildman–Crippen LogP) is 2.25. The third-order valence-electron chi connectivity index (χ3n) is 4.32. The van der Waals surface area contributed by atoms with Crippen LogP contribution in [0.1, 0.15) is 29.6 Å². The number of aryl methyl sites for hydroxylation is 1. The summed E-state index contributed by atoms with van der Waals surface area (Å²) in [5, 5.41) is 2.84. The van der Waals surface area contributed by atoms with E-state index in [-0.39, 0.29) is 10.8 Å². The van der Waals surface area contributed by atoms with Crippen molar-refractivity contribution in [3.8, 4) is 0 Å². The van der Waals surface area contributed by atoms with Gasteiger partial charge in [-0.1, -0.05) is 0 Å². The third kappa shape index (κ3) is 4.33. The Labute approximate surface area is 161 Å². The smallest absolute Gasteiger partial charge is 0.252 e. The molecular formula is C17H21BrN4O3S. The SMILES string of the molecule is O=C(NCCCn1ccnc1)c1cc(S(=O)(=O)N2CCCC2)ccc1Br. The molecule has 1 aliphatic heterocycles. The van der Waals surface area contributed by atoms with Gasteiger partial charge in [0, 0.05) is 43.0 Å². The Bertz CT molecular complexity index is 862. The number of hydrogen-bond acceptors (Lipinski definition) is 4. The molecule has 2 aromatic rings. The van der Waals surface area contributed by atoms with E-state index in [0.717, 1.165) is 25.8 Å². The number of aromatic nitrogens is 2. The highest BCUT2D eigenvalue weighted by molar-refractivity contribution is 9.10. The zero-order valence-electron chi connectivity index (χ0n) is 14.3. The van der Waals surface area contributed by atoms with E-state index in [1.165, 1.54) is 16.4 Å². The van der Waals surface area contributed by atoms with Crippen molar-refractivity contribution >= 4 is 31.9 Å². The Morgan fingerprint density at radius 1 is 1.27 bits per heavy atom. The molecule has 1 aromatic carbocycles. The molecule has 3 rings (SSSR count). The van der Waals surface area contributed by atoms with E-state index in [1.54, 1.807) is 18.6 Å². The highest BCUT2D eigenvalue weighted by Crippen LogP contribution is 2.25. The Hall–Kier alpha value is -1.71. The fourth-order valence-corrected chi connectivity index (χ4v) is 4.86. The number of sulfonamides is 1. The van der Waals surface area contributed by atoms with Crippen molar-refractivity contribution in [2.24, 2.45) is 0 Å². The van der Waals surface area contributed by atoms with Gasteiger partial charge in [-0.3, -0.25) is 4.79 Å². The maximum Gasteiger partial charge on any atom is 0.252 e. The zero-order valence-corrected chi connectivity index (χ0v) is 16.7. The molecule has 0 radical (unpaired) electrons. The molecule has 26 heavy (non-hydrogen) atoms. The summed E-state index contributed by atoms with van der Waals surface area (Å²) in [5.41, 5.74) is 0.327. The third-order valence-corrected chi connectivity index (χ3v) is 6.91. The van der Waals surface area contributed by atoms with E-state index >= 15 is 0 Å². The number of imidazole rings is 1. The van der Waals surface area contributed by atoms with Crippen molar-refractivity contribution in [1.82, 2.24) is 19.2 Å². The topological polar surface area (TPSA) is 84.3 Å². The lowest BCUT2D eigenvalue weighted by molar-refractivity contribution is 0.0951. The Balaban J connectivity index is 1.65. The molecule has 1 amide bonds. The number of halogens is 1. The van der Waals surface area contributed by atoms with Gasteiger partial charge in [-0.2, -0.15) is 4.31 Å². The number of amides is 1. The Kier molecular flexibility index (Phi) is 6.10. The summed E-state index contributed by atoms with van der Waals surface area (Å²) in [6, 6.07) is 4.60. The molecule has 7 nitrogen and oxygen atoms in total. The fraction of sp³-hybridized carbons (Fsp3) is 0.412. The minimum absolute atomic E-state index is 0.158. The van der Waals surface area contributed by atoms with Gasteiger partial charge >= 0.3 is 0 Å². The normalized spacial score (nSPS) is 15.3. The molecule has 0 unspecified atom stereocenters. The van der Waals surface area contributed by atoms with Gasteiger partial charge in [0.1, 0.15) is 0 Å². The number of nitrogens with zero attached hydrogens (tertiary/aromatic N) is 3. The van der Waals surface area contributed by atoms with Crippen LogP contribution in [-0.2, 0) is 16.6 Å². The van der Waals surface area contributed by atoms with Gasteiger partial charge in [-0.05, 0) is 53.4 Å². The molecule has 140 valence electrons. The maximum absolute atomic E-state index is 12.7. The average molecular weight is 441 g/mol. The van der Waals surface area contributed by atoms with Crippen LogP contribution in [0.4, 0.5) is 0 Å². The summed E-state index contributed by atoms with van der Waals surface area (Å²) >= 11 is 3.34. The minimum atomic E-state index is -3.54. The monoisotopic (exact) mass is 440 g/mol. The highest BCUT2D eigenvalue weighted by Gasteiger charge is 2.28. The molecule has 0 bridgehead atoms. The molecule has 1 N–H and O–H groups in total. The summed E-state index contributed by atoms with van der Waals surface area (Å²) in [5.74, 6) is -0.291. The molecule has 0 saturated carbocycles. The van der Waals surface area contributed by atoms with E-state index in [4.69, 9.17) is 0 Å². The van der Waals surface area contributed by atoms with Gasteiger partial charge in [0.25, 0.3) is 5.91 Å². The van der Waals surface area contributed by atoms with E-state index in [9.17, 15) is 13.2 Å². The van der Waals surface area contributed by atoms with Gasteiger partial charge in [0.05, 0.1) is 16.8 Å². The Morgan fingerprint density at radius 3 is 2.73 bits per heavy atom. The van der Waals surface area contributed by atoms with Crippen molar-refractivity contribution in [1.29, 1.82) is 0 Å². The van der Waals surface area contributed by atoms with Crippen molar-refractivity contribution in [3.63, 3.8) is 0 Å². The van der Waals surface area contributed by atoms with Gasteiger partial charge in [-0.15, -0.1) is 0 Å². The molecule has 1 saturated heterocycles. The summed E-state index contributed by atoms with van der Waals surface area (Å²) in [7, 11) is -3.54. The predicted molar refractivity (Wildman–Crippen MR) is 101 cm³/mol. The van der Waals surface area contributed by atoms with Gasteiger partial charge in [-0.25, -0.2) is 13.4 Å². The first kappa shape index (κ1) is 19.1. The van der Waals surface area contributed by atoms with E-state index in [1.807, 2.05) is 10.8 Å². The summed E-state index contributed by atoms with van der Waals surface area (Å²) in [6.45, 7) is 2.32. The van der Waals surface area contributed by atoms with Crippen LogP contribution in [-0.4, -0.2) is 47.8 Å². The van der Waals surface area contributed by atoms with Crippen LogP contribution in [0.5, 0.6) is 0 Å². The van der Waals surface area contributed by atoms with Crippen LogP contribution in [0.3, 0.4) is 0 Å². The van der Waals surface area contributed by atoms with Crippen LogP contribution < -0.4 is 5.32 Å². The van der Waals surface area contributed by atoms with Gasteiger partial charge in [0.15, 0.2) is 0 Å². The van der Waals surface area contributed by atoms with Crippen molar-refractivity contribution < 1.29 is 13.2 Å². The van der Waals surface area contributed by atoms with E-state index < -0.39 is 10.0 Å². The van der Waals surface area contributed by atoms with Crippen LogP contribution in [0, 0.1) is 0 Å². The second-order valence-corrected chi connectivity index (χ2v) is 8.96. The summed E-state index contributed by atoms with van der Waals surface area (Å²) in [6.07, 6.45) is 7.81. The molecule has 1 fully saturated rings. The van der Waals surface area contributed by atoms with Gasteiger partial charge in [0.2, 0.25) is 10.0 Å². The lowest BCUT2D eigenvalue weighted by Gasteiger charge is -2.16. The summed E-state index contributed by atoms with van der Waals surface area (Å²) < 4.78 is 29.4. The second-order valence-electron chi connectivity index (χ2n) is 6.16. The van der Waals surface area contributed by atoms with Crippen LogP contribution in [0.15, 0.2) is 46.3 Å². The minimum Gasteiger partial charge on any atom is -0.352 e. The molecule has 2 heterocycles. The Morgan fingerprint density at radius 2 is 2.04 bits per heavy atom. The number of carbonyl (C=O) groups excluding carboxylic acids is 1. The lowest BCUT2D eigenvalue weighted by atomic mass is 10.2. The molecular weight excluding hydrogens is 420 g/mol. The number of carbonyl (C=O) groups is 1. The second kappa shape index (κ2) is 8.32. The van der Waals surface area contributed by atoms with Crippen molar-refractivity contribution in [3.05, 3.63) is 47.0 Å². The standard InChI is InChI=1S/C17H21BrN4O3S/c18-16-5-4-14(26(24,25)22-9-1-2-10-22)12-15(16)17(23)20-6-3-8-21-11-7-19-13-21/h4-5,7,11-13H,1-3,6,8-10H2,(H,20,23). The number of benzene rings is 1. The molecule has 0 atom stereocenters. The van der Waals surface area contributed by atoms with E-state index in [2.05, 4.69) is 26.2 Å². The molecule has 0 aliphatic carbocycles. The number of nitrogens with one attached hydrogen (secondary N) is 1. The van der Waals surface area contributed by atoms with E-state index in [0.29, 0.717) is 29.7 Å². The first-order valence-corrected chi connectivity index (χ1v) is 10.8. The van der Waals surface area contributed by atoms with Crippen molar-refractivity contribution in [2.45, 2.75) is 30.7 Å². The first-order valence-electron chi connectivity index (χ1n) is 8.52. The van der Waals surface area contributed by atoms with Crippen LogP contribution >= 0.6 is 15.9 Å². The molecule has 9 heteroatoms. The average Bonchev–Trinajstić information content (AvgIpc) is 3.32. The molecule has 0 spiro atoms. The van der Waals surface area contributed by atoms with Crippen LogP contribution in [0.25, 0.3) is 0 Å². The number of hydrogen-bond donors (Lipinski definition) is 1. The first-order chi connectivity index (χ1) is 12.5. The van der Waals surface area contributed by atoms with Gasteiger partial charge < -0.3 is 9.88 Å². The van der Waals surface area contributed by atoms with Crippen LogP contribution in [0.2, 0.25) is 0 Å². The highest BCUT2D eigenvalue weighted by atomic mass is 79.9. The fourth-order valence-electron chi connectivity index (χ4n) is 2.89. The van der Waals surface area contributed by atoms with Crippen molar-refractivity contribution in [2.75, 3.05) is 19.6 Å². The quantitative estimate of drug-likeness (QED) is 0.669. The molecule has 1 aromatic heterocycles. The molecule has 1 aliphatic rings. The zero-order chi connectivity index (χ0) is 18.6. The number of rotatable bonds is 7. The summed E-state index contributed by atoms with van der Waals surface area (Å²) in [4.78, 5) is 16.6.